The van der Waals surface area contributed by atoms with Crippen molar-refractivity contribution in [2.75, 3.05) is 12.3 Å². The second-order valence-electron chi connectivity index (χ2n) is 9.18. The van der Waals surface area contributed by atoms with Crippen LogP contribution in [-0.2, 0) is 37.2 Å². The molecule has 164 valence electrons. The molecule has 1 heterocycles. The number of primary amides is 1. The lowest BCUT2D eigenvalue weighted by molar-refractivity contribution is -0.137. The Morgan fingerprint density at radius 2 is 1.77 bits per heavy atom. The summed E-state index contributed by atoms with van der Waals surface area (Å²) >= 11 is 0. The van der Waals surface area contributed by atoms with Crippen LogP contribution in [0.1, 0.15) is 44.7 Å². The number of carbonyl (C=O) groups is 3. The van der Waals surface area contributed by atoms with Gasteiger partial charge in [-0.15, -0.1) is 0 Å². The predicted octanol–water partition coefficient (Wildman–Crippen LogP) is 0.535. The zero-order chi connectivity index (χ0) is 22.3. The van der Waals surface area contributed by atoms with Crippen LogP contribution in [0.5, 0.6) is 0 Å². The molecule has 1 unspecified atom stereocenters. The van der Waals surface area contributed by atoms with Crippen LogP contribution in [0.3, 0.4) is 0 Å². The molecule has 1 atom stereocenters. The molecule has 1 saturated carbocycles. The van der Waals surface area contributed by atoms with Crippen molar-refractivity contribution in [3.63, 3.8) is 0 Å². The number of sulfone groups is 1. The normalized spacial score (nSPS) is 20.2. The van der Waals surface area contributed by atoms with Crippen molar-refractivity contribution < 1.29 is 22.8 Å². The molecule has 1 aromatic rings. The first-order chi connectivity index (χ1) is 13.9. The van der Waals surface area contributed by atoms with Gasteiger partial charge >= 0.3 is 0 Å². The summed E-state index contributed by atoms with van der Waals surface area (Å²) in [6.07, 6.45) is 1.34. The highest BCUT2D eigenvalue weighted by molar-refractivity contribution is 7.93. The Morgan fingerprint density at radius 3 is 2.30 bits per heavy atom. The van der Waals surface area contributed by atoms with E-state index in [2.05, 4.69) is 5.32 Å². The lowest BCUT2D eigenvalue weighted by Crippen LogP contribution is -2.53. The van der Waals surface area contributed by atoms with Gasteiger partial charge in [-0.25, -0.2) is 8.42 Å². The van der Waals surface area contributed by atoms with Gasteiger partial charge in [-0.3, -0.25) is 14.4 Å². The van der Waals surface area contributed by atoms with Crippen LogP contribution in [0, 0.1) is 5.41 Å². The lowest BCUT2D eigenvalue weighted by atomic mass is 9.93. The van der Waals surface area contributed by atoms with Crippen molar-refractivity contribution in [2.45, 2.75) is 57.4 Å². The van der Waals surface area contributed by atoms with Crippen LogP contribution in [-0.4, -0.2) is 54.1 Å². The molecule has 1 fully saturated rings. The molecule has 30 heavy (non-hydrogen) atoms. The molecule has 1 aliphatic carbocycles. The molecule has 1 aromatic carbocycles. The molecule has 3 rings (SSSR count). The largest absolute Gasteiger partial charge is 0.369 e. The number of hydrogen-bond donors (Lipinski definition) is 2. The van der Waals surface area contributed by atoms with Gasteiger partial charge in [0.15, 0.2) is 9.84 Å². The van der Waals surface area contributed by atoms with Crippen LogP contribution in [0.2, 0.25) is 0 Å². The third-order valence-electron chi connectivity index (χ3n) is 6.08. The van der Waals surface area contributed by atoms with E-state index in [0.29, 0.717) is 19.3 Å². The minimum absolute atomic E-state index is 0.128. The maximum atomic E-state index is 13.0. The van der Waals surface area contributed by atoms with Gasteiger partial charge in [-0.1, -0.05) is 24.3 Å². The summed E-state index contributed by atoms with van der Waals surface area (Å²) in [6, 6.07) is 7.25. The molecule has 9 heteroatoms. The van der Waals surface area contributed by atoms with Crippen LogP contribution in [0.25, 0.3) is 0 Å². The Hall–Kier alpha value is -2.42. The third-order valence-corrected chi connectivity index (χ3v) is 8.57. The van der Waals surface area contributed by atoms with Gasteiger partial charge in [0.05, 0.1) is 10.8 Å². The van der Waals surface area contributed by atoms with Gasteiger partial charge < -0.3 is 16.0 Å². The van der Waals surface area contributed by atoms with Crippen LogP contribution < -0.4 is 11.1 Å². The van der Waals surface area contributed by atoms with Crippen molar-refractivity contribution >= 4 is 27.6 Å². The number of rotatable bonds is 6. The lowest BCUT2D eigenvalue weighted by Gasteiger charge is -2.37. The second kappa shape index (κ2) is 7.68. The molecule has 2 aliphatic rings. The number of hydrogen-bond acceptors (Lipinski definition) is 5. The van der Waals surface area contributed by atoms with E-state index >= 15 is 0 Å². The first-order valence-electron chi connectivity index (χ1n) is 10.0. The standard InChI is InChI=1S/C21H29N3O5S/c1-20(2,3)30(28,29)13-17(25)24-12-15-7-5-4-6-14(15)10-16(24)11-23-19(27)21(8-9-21)18(22)26/h4-7,16H,8-13H2,1-3H3,(H2,22,26)(H,23,27). The van der Waals surface area contributed by atoms with E-state index in [-0.39, 0.29) is 13.1 Å². The van der Waals surface area contributed by atoms with Gasteiger partial charge in [0, 0.05) is 13.1 Å². The summed E-state index contributed by atoms with van der Waals surface area (Å²) in [5.74, 6) is -2.15. The Balaban J connectivity index is 1.79. The maximum absolute atomic E-state index is 13.0. The van der Waals surface area contributed by atoms with Crippen LogP contribution >= 0.6 is 0 Å². The minimum Gasteiger partial charge on any atom is -0.369 e. The molecule has 0 aromatic heterocycles. The van der Waals surface area contributed by atoms with Gasteiger partial charge in [-0.05, 0) is 51.2 Å². The second-order valence-corrected chi connectivity index (χ2v) is 11.9. The predicted molar refractivity (Wildman–Crippen MR) is 112 cm³/mol. The molecule has 3 amide bonds. The molecule has 0 radical (unpaired) electrons. The van der Waals surface area contributed by atoms with Gasteiger partial charge in [0.25, 0.3) is 0 Å². The summed E-state index contributed by atoms with van der Waals surface area (Å²) in [6.45, 7) is 5.10. The highest BCUT2D eigenvalue weighted by Gasteiger charge is 2.55. The Kier molecular flexibility index (Phi) is 5.70. The summed E-state index contributed by atoms with van der Waals surface area (Å²) < 4.78 is 24.1. The molecule has 0 saturated heterocycles. The van der Waals surface area contributed by atoms with Crippen LogP contribution in [0.15, 0.2) is 24.3 Å². The Labute approximate surface area is 177 Å². The third kappa shape index (κ3) is 4.21. The first kappa shape index (κ1) is 22.3. The molecule has 3 N–H and O–H groups in total. The average Bonchev–Trinajstić information content (AvgIpc) is 3.46. The number of nitrogens with two attached hydrogens (primary N) is 1. The quantitative estimate of drug-likeness (QED) is 0.631. The fraction of sp³-hybridized carbons (Fsp3) is 0.571. The number of benzene rings is 1. The molecular weight excluding hydrogens is 406 g/mol. The van der Waals surface area contributed by atoms with Crippen molar-refractivity contribution in [1.82, 2.24) is 10.2 Å². The maximum Gasteiger partial charge on any atom is 0.238 e. The van der Waals surface area contributed by atoms with E-state index in [0.717, 1.165) is 11.1 Å². The zero-order valence-corrected chi connectivity index (χ0v) is 18.4. The van der Waals surface area contributed by atoms with Gasteiger partial charge in [0.2, 0.25) is 17.7 Å². The highest BCUT2D eigenvalue weighted by Crippen LogP contribution is 2.45. The molecule has 1 aliphatic heterocycles. The summed E-state index contributed by atoms with van der Waals surface area (Å²) in [7, 11) is -3.64. The number of fused-ring (bicyclic) bond motifs is 1. The summed E-state index contributed by atoms with van der Waals surface area (Å²) in [4.78, 5) is 38.6. The molecular formula is C21H29N3O5S. The van der Waals surface area contributed by atoms with E-state index in [1.165, 1.54) is 4.90 Å². The van der Waals surface area contributed by atoms with E-state index in [1.54, 1.807) is 20.8 Å². The van der Waals surface area contributed by atoms with E-state index in [4.69, 9.17) is 5.73 Å². The van der Waals surface area contributed by atoms with Crippen molar-refractivity contribution in [1.29, 1.82) is 0 Å². The first-order valence-corrected chi connectivity index (χ1v) is 11.7. The van der Waals surface area contributed by atoms with E-state index < -0.39 is 49.5 Å². The van der Waals surface area contributed by atoms with E-state index in [1.807, 2.05) is 24.3 Å². The Bertz CT molecular complexity index is 977. The number of nitrogens with one attached hydrogen (secondary N) is 1. The number of carbonyl (C=O) groups excluding carboxylic acids is 3. The summed E-state index contributed by atoms with van der Waals surface area (Å²) in [5.41, 5.74) is 6.23. The highest BCUT2D eigenvalue weighted by atomic mass is 32.2. The molecule has 8 nitrogen and oxygen atoms in total. The smallest absolute Gasteiger partial charge is 0.238 e. The zero-order valence-electron chi connectivity index (χ0n) is 17.6. The van der Waals surface area contributed by atoms with Gasteiger partial charge in [-0.2, -0.15) is 0 Å². The fourth-order valence-corrected chi connectivity index (χ4v) is 4.54. The van der Waals surface area contributed by atoms with Crippen molar-refractivity contribution in [2.24, 2.45) is 11.1 Å². The van der Waals surface area contributed by atoms with Crippen molar-refractivity contribution in [3.05, 3.63) is 35.4 Å². The Morgan fingerprint density at radius 1 is 1.17 bits per heavy atom. The van der Waals surface area contributed by atoms with Crippen molar-refractivity contribution in [3.8, 4) is 0 Å². The minimum atomic E-state index is -3.64. The summed E-state index contributed by atoms with van der Waals surface area (Å²) in [5, 5.41) is 2.76. The average molecular weight is 436 g/mol. The number of nitrogens with zero attached hydrogens (tertiary/aromatic N) is 1. The van der Waals surface area contributed by atoms with Gasteiger partial charge in [0.1, 0.15) is 11.2 Å². The van der Waals surface area contributed by atoms with Crippen LogP contribution in [0.4, 0.5) is 0 Å². The fourth-order valence-electron chi connectivity index (χ4n) is 3.61. The molecule has 0 bridgehead atoms. The monoisotopic (exact) mass is 435 g/mol. The topological polar surface area (TPSA) is 127 Å². The van der Waals surface area contributed by atoms with E-state index in [9.17, 15) is 22.8 Å². The SMILES string of the molecule is CC(C)(C)S(=O)(=O)CC(=O)N1Cc2ccccc2CC1CNC(=O)C1(C(N)=O)CC1. The molecule has 0 spiro atoms. The number of amides is 3.